The molecule has 3 aromatic rings. The highest BCUT2D eigenvalue weighted by Crippen LogP contribution is 2.39. The number of benzene rings is 2. The summed E-state index contributed by atoms with van der Waals surface area (Å²) in [5.74, 6) is -2.57. The molecule has 1 aromatic heterocycles. The summed E-state index contributed by atoms with van der Waals surface area (Å²) in [6.45, 7) is 1.76. The number of hydrazone groups is 1. The van der Waals surface area contributed by atoms with Crippen molar-refractivity contribution in [3.05, 3.63) is 70.0 Å². The van der Waals surface area contributed by atoms with Crippen LogP contribution < -0.4 is 5.01 Å². The third-order valence-corrected chi connectivity index (χ3v) is 6.52. The van der Waals surface area contributed by atoms with Crippen LogP contribution in [0.5, 0.6) is 0 Å². The molecule has 6 nitrogen and oxygen atoms in total. The predicted molar refractivity (Wildman–Crippen MR) is 123 cm³/mol. The van der Waals surface area contributed by atoms with Gasteiger partial charge >= 0.3 is 0 Å². The molecule has 31 heavy (non-hydrogen) atoms. The van der Waals surface area contributed by atoms with Crippen LogP contribution in [0.4, 0.5) is 5.13 Å². The summed E-state index contributed by atoms with van der Waals surface area (Å²) in [7, 11) is 0. The molecule has 2 heterocycles. The number of amides is 1. The minimum absolute atomic E-state index is 0.279. The fraction of sp³-hybridized carbons (Fsp3) is 0.174. The normalized spacial score (nSPS) is 16.7. The number of nitriles is 2. The monoisotopic (exact) mass is 489 g/mol. The van der Waals surface area contributed by atoms with E-state index in [9.17, 15) is 15.3 Å². The van der Waals surface area contributed by atoms with Crippen molar-refractivity contribution in [3.63, 3.8) is 0 Å². The number of nitrogens with zero attached hydrogens (tertiary/aromatic N) is 5. The third-order valence-electron chi connectivity index (χ3n) is 5.18. The number of carbonyl (C=O) groups excluding carboxylic acids is 1. The molecule has 0 saturated carbocycles. The molecule has 0 N–H and O–H groups in total. The zero-order valence-corrected chi connectivity index (χ0v) is 18.8. The zero-order chi connectivity index (χ0) is 22.0. The lowest BCUT2D eigenvalue weighted by Crippen LogP contribution is -2.34. The SMILES string of the molecule is CC1=NN(c2nc(-c3ccc(Br)cc3)cs2)C(=O)C1C(c1ccccc1)C(C#N)C#N. The Bertz CT molecular complexity index is 1210. The van der Waals surface area contributed by atoms with E-state index in [2.05, 4.69) is 26.0 Å². The van der Waals surface area contributed by atoms with E-state index in [4.69, 9.17) is 0 Å². The lowest BCUT2D eigenvalue weighted by Gasteiger charge is -2.23. The molecule has 4 rings (SSSR count). The van der Waals surface area contributed by atoms with Crippen LogP contribution in [0.3, 0.4) is 0 Å². The van der Waals surface area contributed by atoms with Crippen LogP contribution in [0, 0.1) is 34.5 Å². The molecule has 152 valence electrons. The first-order chi connectivity index (χ1) is 15.0. The second kappa shape index (κ2) is 8.81. The molecule has 0 spiro atoms. The lowest BCUT2D eigenvalue weighted by atomic mass is 9.76. The maximum atomic E-state index is 13.4. The van der Waals surface area contributed by atoms with Crippen molar-refractivity contribution >= 4 is 44.0 Å². The number of hydrogen-bond donors (Lipinski definition) is 0. The summed E-state index contributed by atoms with van der Waals surface area (Å²) >= 11 is 4.75. The standard InChI is InChI=1S/C23H16BrN5OS/c1-14-20(21(17(11-25)12-26)16-5-3-2-4-6-16)22(30)29(28-14)23-27-19(13-31-23)15-7-9-18(24)10-8-15/h2-10,13,17,20-21H,1H3. The first kappa shape index (κ1) is 20.9. The van der Waals surface area contributed by atoms with Crippen LogP contribution in [0.25, 0.3) is 11.3 Å². The number of carbonyl (C=O) groups is 1. The molecule has 0 saturated heterocycles. The summed E-state index contributed by atoms with van der Waals surface area (Å²) in [6.07, 6.45) is 0. The Balaban J connectivity index is 1.67. The molecule has 2 unspecified atom stereocenters. The average Bonchev–Trinajstić information content (AvgIpc) is 3.38. The molecule has 0 aliphatic carbocycles. The summed E-state index contributed by atoms with van der Waals surface area (Å²) < 4.78 is 0.973. The van der Waals surface area contributed by atoms with Gasteiger partial charge in [-0.2, -0.15) is 20.6 Å². The van der Waals surface area contributed by atoms with Gasteiger partial charge in [0.05, 0.1) is 23.8 Å². The van der Waals surface area contributed by atoms with Gasteiger partial charge in [0, 0.05) is 27.0 Å². The van der Waals surface area contributed by atoms with Crippen LogP contribution in [0.1, 0.15) is 18.4 Å². The minimum Gasteiger partial charge on any atom is -0.272 e. The molecule has 0 bridgehead atoms. The van der Waals surface area contributed by atoms with Gasteiger partial charge in [-0.25, -0.2) is 4.98 Å². The number of halogens is 1. The number of anilines is 1. The van der Waals surface area contributed by atoms with Crippen molar-refractivity contribution in [1.82, 2.24) is 4.98 Å². The van der Waals surface area contributed by atoms with Crippen LogP contribution in [-0.4, -0.2) is 16.6 Å². The minimum atomic E-state index is -0.976. The molecule has 1 amide bonds. The molecule has 2 atom stereocenters. The highest BCUT2D eigenvalue weighted by atomic mass is 79.9. The van der Waals surface area contributed by atoms with Crippen LogP contribution in [0.2, 0.25) is 0 Å². The summed E-state index contributed by atoms with van der Waals surface area (Å²) in [4.78, 5) is 18.0. The number of thiazole rings is 1. The Hall–Kier alpha value is -3.33. The molecular weight excluding hydrogens is 474 g/mol. The quantitative estimate of drug-likeness (QED) is 0.482. The van der Waals surface area contributed by atoms with E-state index in [0.29, 0.717) is 10.8 Å². The van der Waals surface area contributed by atoms with Crippen molar-refractivity contribution in [1.29, 1.82) is 10.5 Å². The van der Waals surface area contributed by atoms with Gasteiger partial charge in [-0.05, 0) is 24.6 Å². The molecular formula is C23H16BrN5OS. The lowest BCUT2D eigenvalue weighted by molar-refractivity contribution is -0.120. The maximum Gasteiger partial charge on any atom is 0.259 e. The fourth-order valence-corrected chi connectivity index (χ4v) is 4.74. The van der Waals surface area contributed by atoms with Gasteiger partial charge in [-0.15, -0.1) is 11.3 Å². The molecule has 1 aliphatic rings. The molecule has 0 fully saturated rings. The van der Waals surface area contributed by atoms with E-state index in [1.807, 2.05) is 72.1 Å². The maximum absolute atomic E-state index is 13.4. The zero-order valence-electron chi connectivity index (χ0n) is 16.4. The van der Waals surface area contributed by atoms with Crippen LogP contribution >= 0.6 is 27.3 Å². The smallest absolute Gasteiger partial charge is 0.259 e. The van der Waals surface area contributed by atoms with Gasteiger partial charge in [-0.1, -0.05) is 58.4 Å². The molecule has 8 heteroatoms. The first-order valence-electron chi connectivity index (χ1n) is 9.48. The van der Waals surface area contributed by atoms with Crippen molar-refractivity contribution < 1.29 is 4.79 Å². The fourth-order valence-electron chi connectivity index (χ4n) is 3.69. The highest BCUT2D eigenvalue weighted by molar-refractivity contribution is 9.10. The largest absolute Gasteiger partial charge is 0.272 e. The Kier molecular flexibility index (Phi) is 5.94. The van der Waals surface area contributed by atoms with E-state index >= 15 is 0 Å². The second-order valence-electron chi connectivity index (χ2n) is 7.06. The molecule has 1 aliphatic heterocycles. The third kappa shape index (κ3) is 4.00. The van der Waals surface area contributed by atoms with Crippen molar-refractivity contribution in [2.45, 2.75) is 12.8 Å². The summed E-state index contributed by atoms with van der Waals surface area (Å²) in [5.41, 5.74) is 3.02. The summed E-state index contributed by atoms with van der Waals surface area (Å²) in [6, 6.07) is 21.1. The van der Waals surface area contributed by atoms with E-state index in [1.54, 1.807) is 6.92 Å². The van der Waals surface area contributed by atoms with Gasteiger partial charge < -0.3 is 0 Å². The van der Waals surface area contributed by atoms with E-state index in [0.717, 1.165) is 21.3 Å². The average molecular weight is 490 g/mol. The van der Waals surface area contributed by atoms with E-state index in [-0.39, 0.29) is 5.91 Å². The van der Waals surface area contributed by atoms with Crippen molar-refractivity contribution in [3.8, 4) is 23.4 Å². The molecule has 2 aromatic carbocycles. The predicted octanol–water partition coefficient (Wildman–Crippen LogP) is 5.36. The number of hydrogen-bond acceptors (Lipinski definition) is 6. The van der Waals surface area contributed by atoms with Gasteiger partial charge in [0.2, 0.25) is 5.13 Å². The first-order valence-corrected chi connectivity index (χ1v) is 11.2. The van der Waals surface area contributed by atoms with E-state index in [1.165, 1.54) is 16.3 Å². The van der Waals surface area contributed by atoms with Gasteiger partial charge in [-0.3, -0.25) is 4.79 Å². The Morgan fingerprint density at radius 2 is 1.77 bits per heavy atom. The second-order valence-corrected chi connectivity index (χ2v) is 8.82. The highest BCUT2D eigenvalue weighted by Gasteiger charge is 2.45. The van der Waals surface area contributed by atoms with Gasteiger partial charge in [0.1, 0.15) is 5.92 Å². The van der Waals surface area contributed by atoms with E-state index < -0.39 is 17.8 Å². The van der Waals surface area contributed by atoms with Crippen molar-refractivity contribution in [2.75, 3.05) is 5.01 Å². The Morgan fingerprint density at radius 3 is 2.42 bits per heavy atom. The summed E-state index contributed by atoms with van der Waals surface area (Å²) in [5, 5.41) is 27.2. The Labute approximate surface area is 192 Å². The topological polar surface area (TPSA) is 93.1 Å². The number of aromatic nitrogens is 1. The molecule has 0 radical (unpaired) electrons. The van der Waals surface area contributed by atoms with Gasteiger partial charge in [0.15, 0.2) is 0 Å². The Morgan fingerprint density at radius 1 is 1.10 bits per heavy atom. The number of rotatable bonds is 5. The van der Waals surface area contributed by atoms with Crippen molar-refractivity contribution in [2.24, 2.45) is 16.9 Å². The van der Waals surface area contributed by atoms with Crippen LogP contribution in [0.15, 0.2) is 69.6 Å². The van der Waals surface area contributed by atoms with Crippen LogP contribution in [-0.2, 0) is 4.79 Å². The van der Waals surface area contributed by atoms with Gasteiger partial charge in [0.25, 0.3) is 5.91 Å².